The Morgan fingerprint density at radius 1 is 0.652 bits per heavy atom. The molecular weight excluding hydrogens is 933 g/mol. The van der Waals surface area contributed by atoms with Gasteiger partial charge in [-0.25, -0.2) is 9.59 Å². The molecular formula is C48H54BBrF6N4O6. The number of rotatable bonds is 10. The Morgan fingerprint density at radius 3 is 1.48 bits per heavy atom. The molecule has 1 aliphatic heterocycles. The average molecular weight is 988 g/mol. The Balaban J connectivity index is 0.000000192. The number of hydrogen-bond donors (Lipinski definition) is 0. The maximum Gasteiger partial charge on any atom is 0.462 e. The summed E-state index contributed by atoms with van der Waals surface area (Å²) in [6, 6.07) is 21.3. The van der Waals surface area contributed by atoms with E-state index >= 15 is 0 Å². The number of fused-ring (bicyclic) bond motifs is 2. The molecule has 0 aliphatic carbocycles. The highest BCUT2D eigenvalue weighted by molar-refractivity contribution is 9.10. The Kier molecular flexibility index (Phi) is 16.3. The van der Waals surface area contributed by atoms with Crippen LogP contribution in [0.3, 0.4) is 0 Å². The predicted molar refractivity (Wildman–Crippen MR) is 245 cm³/mol. The fourth-order valence-corrected chi connectivity index (χ4v) is 7.75. The van der Waals surface area contributed by atoms with Gasteiger partial charge in [0.05, 0.1) is 47.6 Å². The molecule has 2 aromatic heterocycles. The summed E-state index contributed by atoms with van der Waals surface area (Å²) in [6.07, 6.45) is -7.85. The van der Waals surface area contributed by atoms with Crippen molar-refractivity contribution in [1.29, 1.82) is 0 Å². The van der Waals surface area contributed by atoms with E-state index in [-0.39, 0.29) is 11.9 Å². The Bertz CT molecular complexity index is 2610. The molecule has 0 atom stereocenters. The zero-order chi connectivity index (χ0) is 48.9. The summed E-state index contributed by atoms with van der Waals surface area (Å²) in [7, 11) is 2.27. The van der Waals surface area contributed by atoms with Crippen molar-refractivity contribution in [1.82, 2.24) is 19.6 Å². The van der Waals surface area contributed by atoms with Gasteiger partial charge in [-0.1, -0.05) is 86.1 Å². The third-order valence-electron chi connectivity index (χ3n) is 11.1. The second kappa shape index (κ2) is 20.8. The number of halogens is 7. The van der Waals surface area contributed by atoms with Crippen LogP contribution in [0.25, 0.3) is 21.8 Å². The first-order valence-corrected chi connectivity index (χ1v) is 22.0. The van der Waals surface area contributed by atoms with Gasteiger partial charge in [0, 0.05) is 34.7 Å². The van der Waals surface area contributed by atoms with E-state index in [2.05, 4.69) is 40.0 Å². The summed E-state index contributed by atoms with van der Waals surface area (Å²) in [6.45, 7) is 17.2. The van der Waals surface area contributed by atoms with Gasteiger partial charge in [-0.2, -0.15) is 36.5 Å². The number of alkyl halides is 6. The van der Waals surface area contributed by atoms with Crippen LogP contribution in [0.1, 0.15) is 104 Å². The van der Waals surface area contributed by atoms with Gasteiger partial charge in [-0.05, 0) is 105 Å². The third kappa shape index (κ3) is 12.4. The second-order valence-corrected chi connectivity index (χ2v) is 18.6. The third-order valence-corrected chi connectivity index (χ3v) is 11.7. The zero-order valence-corrected chi connectivity index (χ0v) is 40.1. The van der Waals surface area contributed by atoms with Gasteiger partial charge in [0.1, 0.15) is 0 Å². The van der Waals surface area contributed by atoms with Crippen molar-refractivity contribution in [3.63, 3.8) is 0 Å². The maximum atomic E-state index is 12.8. The van der Waals surface area contributed by atoms with Gasteiger partial charge in [-0.3, -0.25) is 9.36 Å². The molecule has 354 valence electrons. The zero-order valence-electron chi connectivity index (χ0n) is 38.5. The number of nitrogens with zero attached hydrogens (tertiary/aromatic N) is 4. The number of carbonyl (C=O) groups excluding carboxylic acids is 2. The normalized spacial score (nSPS) is 14.6. The minimum Gasteiger partial charge on any atom is -0.464 e. The van der Waals surface area contributed by atoms with Crippen LogP contribution in [0.15, 0.2) is 89.4 Å². The van der Waals surface area contributed by atoms with Crippen molar-refractivity contribution in [2.75, 3.05) is 14.2 Å². The highest BCUT2D eigenvalue weighted by atomic mass is 79.9. The fourth-order valence-electron chi connectivity index (χ4n) is 7.21. The minimum absolute atomic E-state index is 0.274. The summed E-state index contributed by atoms with van der Waals surface area (Å²) < 4.78 is 101. The average Bonchev–Trinajstić information content (AvgIpc) is 3.84. The lowest BCUT2D eigenvalue weighted by Gasteiger charge is -2.32. The summed E-state index contributed by atoms with van der Waals surface area (Å²) >= 11 is 3.46. The van der Waals surface area contributed by atoms with E-state index in [0.717, 1.165) is 50.8 Å². The smallest absolute Gasteiger partial charge is 0.462 e. The lowest BCUT2D eigenvalue weighted by Crippen LogP contribution is -2.41. The first kappa shape index (κ1) is 51.8. The van der Waals surface area contributed by atoms with E-state index in [0.29, 0.717) is 59.6 Å². The molecule has 4 aromatic carbocycles. The van der Waals surface area contributed by atoms with Gasteiger partial charge in [0.2, 0.25) is 0 Å². The fraction of sp³-hybridized carbons (Fsp3) is 0.417. The maximum absolute atomic E-state index is 12.8. The van der Waals surface area contributed by atoms with Crippen molar-refractivity contribution in [2.24, 2.45) is 11.8 Å². The molecule has 0 amide bonds. The van der Waals surface area contributed by atoms with Crippen LogP contribution in [-0.4, -0.2) is 64.0 Å². The van der Waals surface area contributed by atoms with E-state index < -0.39 is 47.8 Å². The Labute approximate surface area is 389 Å². The lowest BCUT2D eigenvalue weighted by molar-refractivity contribution is -0.138. The van der Waals surface area contributed by atoms with Crippen LogP contribution in [-0.2, 0) is 57.0 Å². The molecule has 3 heterocycles. The van der Waals surface area contributed by atoms with E-state index in [1.807, 2.05) is 77.9 Å². The SMILES string of the molecule is CC1(C)OB(Cc2ccc(C(F)(F)F)cc2)OC1(C)C.COC(=O)c1c2c(Br)cccc2nn1CC(C)C.COC(=O)c1c2c(Cc3ccc(C(F)(F)F)cc3)cccc2nn1CC(C)C. The van der Waals surface area contributed by atoms with E-state index in [1.165, 1.54) is 38.5 Å². The van der Waals surface area contributed by atoms with Crippen LogP contribution in [0.2, 0.25) is 0 Å². The molecule has 18 heteroatoms. The molecule has 6 aromatic rings. The molecule has 0 saturated carbocycles. The van der Waals surface area contributed by atoms with Gasteiger partial charge >= 0.3 is 31.4 Å². The molecule has 66 heavy (non-hydrogen) atoms. The van der Waals surface area contributed by atoms with Crippen LogP contribution >= 0.6 is 15.9 Å². The quantitative estimate of drug-likeness (QED) is 0.0759. The van der Waals surface area contributed by atoms with Gasteiger partial charge < -0.3 is 18.8 Å². The molecule has 10 nitrogen and oxygen atoms in total. The highest BCUT2D eigenvalue weighted by Gasteiger charge is 2.50. The number of ether oxygens (including phenoxy) is 2. The molecule has 0 radical (unpaired) electrons. The number of carbonyl (C=O) groups is 2. The molecule has 0 bridgehead atoms. The molecule has 1 saturated heterocycles. The lowest BCUT2D eigenvalue weighted by atomic mass is 9.80. The molecule has 7 rings (SSSR count). The summed E-state index contributed by atoms with van der Waals surface area (Å²) in [5.74, 6) is -0.161. The number of benzene rings is 4. The van der Waals surface area contributed by atoms with Crippen LogP contribution < -0.4 is 0 Å². The van der Waals surface area contributed by atoms with Crippen molar-refractivity contribution in [2.45, 2.75) is 105 Å². The van der Waals surface area contributed by atoms with Crippen molar-refractivity contribution in [3.05, 3.63) is 129 Å². The standard InChI is InChI=1S/C21H21F3N2O2.C14H18BF3O2.C13H15BrN2O2/c1-13(2)12-26-19(20(27)28-3)18-15(5-4-6-17(18)25-26)11-14-7-9-16(10-8-14)21(22,23)24;1-12(2)13(3,4)20-15(19-12)9-10-5-7-11(8-6-10)14(16,17)18;1-8(2)7-16-12(13(17)18-3)11-9(14)5-4-6-10(11)15-16/h4-10,13H,11-12H2,1-3H3;5-8H,9H2,1-4H3;4-6,8H,7H2,1-3H3. The summed E-state index contributed by atoms with van der Waals surface area (Å²) in [4.78, 5) is 24.4. The summed E-state index contributed by atoms with van der Waals surface area (Å²) in [5, 5.41) is 10.5. The molecule has 1 fully saturated rings. The van der Waals surface area contributed by atoms with Crippen LogP contribution in [0, 0.1) is 11.8 Å². The molecule has 0 spiro atoms. The first-order chi connectivity index (χ1) is 30.8. The van der Waals surface area contributed by atoms with E-state index in [1.54, 1.807) is 9.36 Å². The highest BCUT2D eigenvalue weighted by Crippen LogP contribution is 2.38. The van der Waals surface area contributed by atoms with Crippen molar-refractivity contribution >= 4 is 56.8 Å². The van der Waals surface area contributed by atoms with Crippen LogP contribution in [0.4, 0.5) is 26.3 Å². The van der Waals surface area contributed by atoms with Crippen molar-refractivity contribution in [3.8, 4) is 0 Å². The van der Waals surface area contributed by atoms with E-state index in [9.17, 15) is 35.9 Å². The minimum atomic E-state index is -4.37. The number of hydrogen-bond acceptors (Lipinski definition) is 8. The largest absolute Gasteiger partial charge is 0.464 e. The molecule has 0 unspecified atom stereocenters. The molecule has 0 N–H and O–H groups in total. The Hall–Kier alpha value is -5.20. The number of esters is 2. The van der Waals surface area contributed by atoms with Crippen LogP contribution in [0.5, 0.6) is 0 Å². The molecule has 1 aliphatic rings. The first-order valence-electron chi connectivity index (χ1n) is 21.2. The van der Waals surface area contributed by atoms with Gasteiger partial charge in [0.15, 0.2) is 11.4 Å². The van der Waals surface area contributed by atoms with Gasteiger partial charge in [0.25, 0.3) is 0 Å². The Morgan fingerprint density at radius 2 is 1.06 bits per heavy atom. The summed E-state index contributed by atoms with van der Waals surface area (Å²) in [5.41, 5.74) is 2.44. The second-order valence-electron chi connectivity index (χ2n) is 17.7. The number of methoxy groups -OCH3 is 2. The van der Waals surface area contributed by atoms with Gasteiger partial charge in [-0.15, -0.1) is 0 Å². The monoisotopic (exact) mass is 986 g/mol. The van der Waals surface area contributed by atoms with E-state index in [4.69, 9.17) is 18.8 Å². The topological polar surface area (TPSA) is 107 Å². The number of aromatic nitrogens is 4. The predicted octanol–water partition coefficient (Wildman–Crippen LogP) is 12.2. The van der Waals surface area contributed by atoms with Crippen molar-refractivity contribution < 1.29 is 54.7 Å².